The van der Waals surface area contributed by atoms with Crippen LogP contribution in [0.15, 0.2) is 76.7 Å². The SMILES string of the molecule is Nc1ncc(CCc2ccc(S(N)(=O)=O)cc2)cc1-c1ccc2c(=O)[nH]ccc2c1. The topological polar surface area (TPSA) is 132 Å². The van der Waals surface area contributed by atoms with Crippen LogP contribution in [0.2, 0.25) is 0 Å². The van der Waals surface area contributed by atoms with Crippen molar-refractivity contribution in [2.24, 2.45) is 5.14 Å². The molecule has 4 rings (SSSR count). The zero-order valence-electron chi connectivity index (χ0n) is 16.0. The number of aryl methyl sites for hydroxylation is 2. The van der Waals surface area contributed by atoms with Gasteiger partial charge in [-0.3, -0.25) is 4.79 Å². The van der Waals surface area contributed by atoms with E-state index in [4.69, 9.17) is 10.9 Å². The molecule has 0 unspecified atom stereocenters. The molecule has 0 fully saturated rings. The van der Waals surface area contributed by atoms with E-state index in [1.165, 1.54) is 12.1 Å². The summed E-state index contributed by atoms with van der Waals surface area (Å²) in [5.41, 5.74) is 9.66. The Labute approximate surface area is 173 Å². The number of nitrogens with zero attached hydrogens (tertiary/aromatic N) is 1. The summed E-state index contributed by atoms with van der Waals surface area (Å²) < 4.78 is 22.7. The predicted octanol–water partition coefficient (Wildman–Crippen LogP) is 2.60. The second-order valence-electron chi connectivity index (χ2n) is 7.07. The molecule has 7 nitrogen and oxygen atoms in total. The molecule has 0 saturated heterocycles. The normalized spacial score (nSPS) is 11.6. The average Bonchev–Trinajstić information content (AvgIpc) is 2.73. The molecular formula is C22H20N4O3S. The van der Waals surface area contributed by atoms with E-state index in [1.54, 1.807) is 30.6 Å². The molecule has 0 amide bonds. The zero-order valence-corrected chi connectivity index (χ0v) is 16.8. The highest BCUT2D eigenvalue weighted by molar-refractivity contribution is 7.89. The number of aromatic amines is 1. The number of fused-ring (bicyclic) bond motifs is 1. The second kappa shape index (κ2) is 7.74. The molecule has 2 aromatic heterocycles. The number of sulfonamides is 1. The molecule has 0 saturated carbocycles. The van der Waals surface area contributed by atoms with Crippen LogP contribution in [0.5, 0.6) is 0 Å². The number of rotatable bonds is 5. The molecule has 8 heteroatoms. The molecule has 5 N–H and O–H groups in total. The van der Waals surface area contributed by atoms with Gasteiger partial charge in [0.25, 0.3) is 5.56 Å². The monoisotopic (exact) mass is 420 g/mol. The summed E-state index contributed by atoms with van der Waals surface area (Å²) in [4.78, 5) is 19.0. The first-order valence-corrected chi connectivity index (χ1v) is 10.8. The molecule has 2 heterocycles. The van der Waals surface area contributed by atoms with Crippen molar-refractivity contribution in [1.29, 1.82) is 0 Å². The van der Waals surface area contributed by atoms with Gasteiger partial charge in [0, 0.05) is 23.3 Å². The number of aromatic nitrogens is 2. The smallest absolute Gasteiger partial charge is 0.255 e. The average molecular weight is 420 g/mol. The molecule has 0 aliphatic rings. The Morgan fingerprint density at radius 3 is 2.40 bits per heavy atom. The van der Waals surface area contributed by atoms with Gasteiger partial charge in [-0.05, 0) is 71.3 Å². The lowest BCUT2D eigenvalue weighted by molar-refractivity contribution is 0.598. The molecule has 0 aliphatic carbocycles. The lowest BCUT2D eigenvalue weighted by atomic mass is 9.99. The molecule has 0 spiro atoms. The van der Waals surface area contributed by atoms with Gasteiger partial charge in [-0.15, -0.1) is 0 Å². The first kappa shape index (κ1) is 19.8. The van der Waals surface area contributed by atoms with Gasteiger partial charge in [-0.2, -0.15) is 0 Å². The maximum absolute atomic E-state index is 11.9. The Balaban J connectivity index is 1.58. The van der Waals surface area contributed by atoms with Crippen LogP contribution < -0.4 is 16.4 Å². The van der Waals surface area contributed by atoms with Crippen molar-refractivity contribution in [3.05, 3.63) is 88.5 Å². The summed E-state index contributed by atoms with van der Waals surface area (Å²) in [5.74, 6) is 0.417. The molecule has 0 atom stereocenters. The number of anilines is 1. The van der Waals surface area contributed by atoms with Gasteiger partial charge < -0.3 is 10.7 Å². The summed E-state index contributed by atoms with van der Waals surface area (Å²) in [6.45, 7) is 0. The van der Waals surface area contributed by atoms with Gasteiger partial charge in [-0.1, -0.05) is 18.2 Å². The number of H-pyrrole nitrogens is 1. The molecule has 0 radical (unpaired) electrons. The quantitative estimate of drug-likeness (QED) is 0.457. The van der Waals surface area contributed by atoms with Crippen molar-refractivity contribution in [3.8, 4) is 11.1 Å². The lowest BCUT2D eigenvalue weighted by Crippen LogP contribution is -2.11. The third-order valence-electron chi connectivity index (χ3n) is 5.01. The number of nitrogens with one attached hydrogen (secondary N) is 1. The minimum Gasteiger partial charge on any atom is -0.383 e. The van der Waals surface area contributed by atoms with Gasteiger partial charge in [0.15, 0.2) is 0 Å². The molecule has 0 aliphatic heterocycles. The predicted molar refractivity (Wildman–Crippen MR) is 117 cm³/mol. The molecular weight excluding hydrogens is 400 g/mol. The summed E-state index contributed by atoms with van der Waals surface area (Å²) in [5, 5.41) is 6.58. The van der Waals surface area contributed by atoms with Gasteiger partial charge in [0.05, 0.1) is 4.90 Å². The highest BCUT2D eigenvalue weighted by Gasteiger charge is 2.09. The van der Waals surface area contributed by atoms with Crippen molar-refractivity contribution >= 4 is 26.6 Å². The number of benzene rings is 2. The molecule has 4 aromatic rings. The Kier molecular flexibility index (Phi) is 5.11. The number of nitrogen functional groups attached to an aromatic ring is 1. The zero-order chi connectivity index (χ0) is 21.3. The second-order valence-corrected chi connectivity index (χ2v) is 8.64. The van der Waals surface area contributed by atoms with E-state index in [9.17, 15) is 13.2 Å². The van der Waals surface area contributed by atoms with Crippen molar-refractivity contribution in [2.75, 3.05) is 5.73 Å². The van der Waals surface area contributed by atoms with Crippen molar-refractivity contribution < 1.29 is 8.42 Å². The fraction of sp³-hybridized carbons (Fsp3) is 0.0909. The van der Waals surface area contributed by atoms with Crippen LogP contribution in [-0.4, -0.2) is 18.4 Å². The number of hydrogen-bond donors (Lipinski definition) is 3. The Morgan fingerprint density at radius 1 is 0.933 bits per heavy atom. The van der Waals surface area contributed by atoms with E-state index in [1.807, 2.05) is 24.3 Å². The van der Waals surface area contributed by atoms with Gasteiger partial charge in [0.1, 0.15) is 5.82 Å². The van der Waals surface area contributed by atoms with E-state index >= 15 is 0 Å². The first-order valence-electron chi connectivity index (χ1n) is 9.29. The highest BCUT2D eigenvalue weighted by atomic mass is 32.2. The third kappa shape index (κ3) is 4.10. The summed E-state index contributed by atoms with van der Waals surface area (Å²) >= 11 is 0. The van der Waals surface area contributed by atoms with E-state index < -0.39 is 10.0 Å². The van der Waals surface area contributed by atoms with E-state index in [0.717, 1.165) is 27.6 Å². The third-order valence-corrected chi connectivity index (χ3v) is 5.94. The van der Waals surface area contributed by atoms with Gasteiger partial charge in [-0.25, -0.2) is 18.5 Å². The lowest BCUT2D eigenvalue weighted by Gasteiger charge is -2.10. The van der Waals surface area contributed by atoms with Crippen LogP contribution in [0.3, 0.4) is 0 Å². The Morgan fingerprint density at radius 2 is 1.67 bits per heavy atom. The molecule has 0 bridgehead atoms. The molecule has 2 aromatic carbocycles. The van der Waals surface area contributed by atoms with Crippen LogP contribution in [-0.2, 0) is 22.9 Å². The fourth-order valence-electron chi connectivity index (χ4n) is 3.38. The van der Waals surface area contributed by atoms with Crippen molar-refractivity contribution in [2.45, 2.75) is 17.7 Å². The van der Waals surface area contributed by atoms with Gasteiger partial charge >= 0.3 is 0 Å². The standard InChI is InChI=1S/C22H20N4O3S/c23-21-20(16-5-8-19-17(12-16)9-10-25-22(19)27)11-15(13-26-21)2-1-14-3-6-18(7-4-14)30(24,28)29/h3-13H,1-2H2,(H2,23,26)(H,25,27)(H2,24,28,29). The Bertz CT molecular complexity index is 1390. The van der Waals surface area contributed by atoms with E-state index in [-0.39, 0.29) is 10.5 Å². The fourth-order valence-corrected chi connectivity index (χ4v) is 3.90. The molecule has 152 valence electrons. The van der Waals surface area contributed by atoms with Crippen LogP contribution in [0.1, 0.15) is 11.1 Å². The number of nitrogens with two attached hydrogens (primary N) is 2. The summed E-state index contributed by atoms with van der Waals surface area (Å²) in [6.07, 6.45) is 4.78. The minimum absolute atomic E-state index is 0.0952. The van der Waals surface area contributed by atoms with Crippen LogP contribution in [0, 0.1) is 0 Å². The molecule has 30 heavy (non-hydrogen) atoms. The summed E-state index contributed by atoms with van der Waals surface area (Å²) in [7, 11) is -3.69. The number of hydrogen-bond acceptors (Lipinski definition) is 5. The van der Waals surface area contributed by atoms with E-state index in [2.05, 4.69) is 9.97 Å². The van der Waals surface area contributed by atoms with Crippen molar-refractivity contribution in [1.82, 2.24) is 9.97 Å². The highest BCUT2D eigenvalue weighted by Crippen LogP contribution is 2.28. The maximum Gasteiger partial charge on any atom is 0.255 e. The van der Waals surface area contributed by atoms with E-state index in [0.29, 0.717) is 24.0 Å². The van der Waals surface area contributed by atoms with Crippen LogP contribution in [0.4, 0.5) is 5.82 Å². The number of primary sulfonamides is 1. The first-order chi connectivity index (χ1) is 14.3. The minimum atomic E-state index is -3.69. The van der Waals surface area contributed by atoms with Gasteiger partial charge in [0.2, 0.25) is 10.0 Å². The van der Waals surface area contributed by atoms with Crippen molar-refractivity contribution in [3.63, 3.8) is 0 Å². The maximum atomic E-state index is 11.9. The largest absolute Gasteiger partial charge is 0.383 e. The Hall–Kier alpha value is -3.49. The van der Waals surface area contributed by atoms with Crippen LogP contribution in [0.25, 0.3) is 21.9 Å². The summed E-state index contributed by atoms with van der Waals surface area (Å²) in [6, 6.07) is 15.9. The number of pyridine rings is 2. The van der Waals surface area contributed by atoms with Crippen LogP contribution >= 0.6 is 0 Å².